The number of fused-ring (bicyclic) bond motifs is 3. The molecular formula is C29H33N3O4. The summed E-state index contributed by atoms with van der Waals surface area (Å²) < 4.78 is 5.59. The lowest BCUT2D eigenvalue weighted by molar-refractivity contribution is -0.127. The summed E-state index contributed by atoms with van der Waals surface area (Å²) in [4.78, 5) is 32.3. The molecule has 3 aliphatic rings. The number of amides is 3. The average molecular weight is 488 g/mol. The van der Waals surface area contributed by atoms with Crippen LogP contribution in [0, 0.1) is 0 Å². The van der Waals surface area contributed by atoms with Crippen molar-refractivity contribution in [2.24, 2.45) is 0 Å². The highest BCUT2D eigenvalue weighted by Gasteiger charge is 2.55. The van der Waals surface area contributed by atoms with E-state index in [0.29, 0.717) is 44.8 Å². The van der Waals surface area contributed by atoms with E-state index in [-0.39, 0.29) is 23.6 Å². The van der Waals surface area contributed by atoms with Crippen LogP contribution in [0.3, 0.4) is 0 Å². The third kappa shape index (κ3) is 3.92. The number of carbonyl (C=O) groups excluding carboxylic acids is 2. The minimum atomic E-state index is -0.447. The Balaban J connectivity index is 1.42. The fourth-order valence-electron chi connectivity index (χ4n) is 6.09. The van der Waals surface area contributed by atoms with Crippen LogP contribution in [0.15, 0.2) is 60.3 Å². The Hall–Kier alpha value is -3.74. The van der Waals surface area contributed by atoms with Crippen molar-refractivity contribution >= 4 is 18.0 Å². The summed E-state index contributed by atoms with van der Waals surface area (Å²) in [7, 11) is 1.60. The van der Waals surface area contributed by atoms with Crippen molar-refractivity contribution in [3.63, 3.8) is 0 Å². The van der Waals surface area contributed by atoms with Crippen molar-refractivity contribution < 1.29 is 19.4 Å². The highest BCUT2D eigenvalue weighted by atomic mass is 16.5. The van der Waals surface area contributed by atoms with E-state index in [0.717, 1.165) is 22.4 Å². The number of benzene rings is 2. The second-order valence-electron chi connectivity index (χ2n) is 9.78. The number of hydrogen-bond acceptors (Lipinski definition) is 4. The minimum Gasteiger partial charge on any atom is -0.508 e. The van der Waals surface area contributed by atoms with Gasteiger partial charge in [-0.25, -0.2) is 4.79 Å². The molecule has 0 aromatic heterocycles. The Labute approximate surface area is 212 Å². The van der Waals surface area contributed by atoms with Crippen LogP contribution in [0.4, 0.5) is 4.79 Å². The molecule has 3 amide bonds. The number of phenolic OH excluding ortho intramolecular Hbond substituents is 1. The number of piperidine rings is 1. The highest BCUT2D eigenvalue weighted by Crippen LogP contribution is 2.48. The summed E-state index contributed by atoms with van der Waals surface area (Å²) >= 11 is 0. The fourth-order valence-corrected chi connectivity index (χ4v) is 6.09. The maximum Gasteiger partial charge on any atom is 0.325 e. The number of nitrogens with zero attached hydrogens (tertiary/aromatic N) is 3. The number of aromatic hydroxyl groups is 1. The van der Waals surface area contributed by atoms with E-state index >= 15 is 0 Å². The molecule has 7 heteroatoms. The molecule has 1 N–H and O–H groups in total. The van der Waals surface area contributed by atoms with E-state index in [1.54, 1.807) is 25.3 Å². The molecule has 2 fully saturated rings. The summed E-state index contributed by atoms with van der Waals surface area (Å²) in [6.45, 7) is 6.26. The number of urea groups is 1. The van der Waals surface area contributed by atoms with Gasteiger partial charge in [0, 0.05) is 49.0 Å². The van der Waals surface area contributed by atoms with Crippen LogP contribution >= 0.6 is 0 Å². The summed E-state index contributed by atoms with van der Waals surface area (Å²) in [5, 5.41) is 10.3. The maximum absolute atomic E-state index is 13.7. The van der Waals surface area contributed by atoms with Gasteiger partial charge < -0.3 is 19.6 Å². The van der Waals surface area contributed by atoms with Gasteiger partial charge >= 0.3 is 6.03 Å². The van der Waals surface area contributed by atoms with Crippen LogP contribution in [0.2, 0.25) is 0 Å². The summed E-state index contributed by atoms with van der Waals surface area (Å²) in [6.07, 6.45) is 7.04. The van der Waals surface area contributed by atoms with Crippen LogP contribution in [0.1, 0.15) is 49.3 Å². The highest BCUT2D eigenvalue weighted by molar-refractivity contribution is 5.92. The number of carbonyl (C=O) groups is 2. The molecule has 5 rings (SSSR count). The van der Waals surface area contributed by atoms with E-state index in [9.17, 15) is 14.7 Å². The van der Waals surface area contributed by atoms with E-state index < -0.39 is 5.54 Å². The maximum atomic E-state index is 13.7. The topological polar surface area (TPSA) is 73.3 Å². The lowest BCUT2D eigenvalue weighted by Crippen LogP contribution is -2.54. The van der Waals surface area contributed by atoms with E-state index in [1.165, 1.54) is 0 Å². The predicted molar refractivity (Wildman–Crippen MR) is 138 cm³/mol. The van der Waals surface area contributed by atoms with Crippen LogP contribution in [0.25, 0.3) is 6.08 Å². The smallest absolute Gasteiger partial charge is 0.325 e. The lowest BCUT2D eigenvalue weighted by atomic mass is 9.82. The molecule has 188 valence electrons. The molecule has 2 aromatic rings. The Kier molecular flexibility index (Phi) is 6.24. The van der Waals surface area contributed by atoms with Gasteiger partial charge in [-0.1, -0.05) is 43.3 Å². The average Bonchev–Trinajstić information content (AvgIpc) is 2.99. The van der Waals surface area contributed by atoms with Gasteiger partial charge in [0.2, 0.25) is 5.91 Å². The van der Waals surface area contributed by atoms with Crippen LogP contribution < -0.4 is 4.74 Å². The minimum absolute atomic E-state index is 0.00509. The normalized spacial score (nSPS) is 20.9. The number of allylic oxidation sites excluding steroid dienone is 1. The molecule has 36 heavy (non-hydrogen) atoms. The van der Waals surface area contributed by atoms with Crippen molar-refractivity contribution in [3.8, 4) is 11.5 Å². The van der Waals surface area contributed by atoms with E-state index in [2.05, 4.69) is 13.0 Å². The second kappa shape index (κ2) is 9.37. The molecule has 3 aliphatic heterocycles. The zero-order chi connectivity index (χ0) is 25.4. The van der Waals surface area contributed by atoms with Gasteiger partial charge in [-0.15, -0.1) is 0 Å². The van der Waals surface area contributed by atoms with Gasteiger partial charge in [-0.05, 0) is 43.0 Å². The Bertz CT molecular complexity index is 1230. The predicted octanol–water partition coefficient (Wildman–Crippen LogP) is 4.73. The van der Waals surface area contributed by atoms with Gasteiger partial charge in [0.05, 0.1) is 19.2 Å². The second-order valence-corrected chi connectivity index (χ2v) is 9.78. The van der Waals surface area contributed by atoms with Crippen molar-refractivity contribution in [3.05, 3.63) is 77.0 Å². The molecule has 7 nitrogen and oxygen atoms in total. The zero-order valence-electron chi connectivity index (χ0n) is 21.1. The molecule has 0 unspecified atom stereocenters. The number of rotatable bonds is 4. The molecular weight excluding hydrogens is 454 g/mol. The SMILES string of the molecule is CCN1C(=O)N2Cc3cc(O)cc(OC)c3[C@@H](C)C=C2C12CCN(C(=O)/C=C/c1ccccc1)CC2. The van der Waals surface area contributed by atoms with Gasteiger partial charge in [0.15, 0.2) is 0 Å². The van der Waals surface area contributed by atoms with Crippen molar-refractivity contribution in [2.75, 3.05) is 26.7 Å². The molecule has 0 aliphatic carbocycles. The number of ether oxygens (including phenoxy) is 1. The van der Waals surface area contributed by atoms with Crippen molar-refractivity contribution in [1.29, 1.82) is 0 Å². The summed E-state index contributed by atoms with van der Waals surface area (Å²) in [5.41, 5.74) is 3.45. The first-order chi connectivity index (χ1) is 17.4. The number of likely N-dealkylation sites (N-methyl/N-ethyl adjacent to an activating group) is 1. The Morgan fingerprint density at radius 3 is 2.58 bits per heavy atom. The van der Waals surface area contributed by atoms with Crippen LogP contribution in [-0.2, 0) is 11.3 Å². The van der Waals surface area contributed by atoms with Gasteiger partial charge in [-0.3, -0.25) is 9.69 Å². The summed E-state index contributed by atoms with van der Waals surface area (Å²) in [5.74, 6) is 0.764. The number of hydrogen-bond donors (Lipinski definition) is 1. The fraction of sp³-hybridized carbons (Fsp3) is 0.379. The van der Waals surface area contributed by atoms with Crippen LogP contribution in [-0.4, -0.2) is 64.0 Å². The lowest BCUT2D eigenvalue weighted by Gasteiger charge is -2.44. The van der Waals surface area contributed by atoms with Crippen molar-refractivity contribution in [1.82, 2.24) is 14.7 Å². The van der Waals surface area contributed by atoms with Crippen molar-refractivity contribution in [2.45, 2.75) is 44.7 Å². The largest absolute Gasteiger partial charge is 0.508 e. The van der Waals surface area contributed by atoms with Gasteiger partial charge in [0.1, 0.15) is 11.5 Å². The van der Waals surface area contributed by atoms with E-state index in [4.69, 9.17) is 4.74 Å². The van der Waals surface area contributed by atoms with Gasteiger partial charge in [-0.2, -0.15) is 0 Å². The first kappa shape index (κ1) is 24.0. The standard InChI is InChI=1S/C29H33N3O4/c1-4-32-28(35)31-19-22-17-23(33)18-24(36-3)27(22)20(2)16-25(31)29(32)12-14-30(15-13-29)26(34)11-10-21-8-6-5-7-9-21/h5-11,16-18,20,33H,4,12-15,19H2,1-3H3/b11-10+/t20-/m0/s1. The molecule has 1 atom stereocenters. The Morgan fingerprint density at radius 2 is 1.92 bits per heavy atom. The molecule has 2 saturated heterocycles. The number of phenols is 1. The molecule has 0 bridgehead atoms. The third-order valence-corrected chi connectivity index (χ3v) is 7.81. The zero-order valence-corrected chi connectivity index (χ0v) is 21.1. The summed E-state index contributed by atoms with van der Waals surface area (Å²) in [6, 6.07) is 13.2. The van der Waals surface area contributed by atoms with Gasteiger partial charge in [0.25, 0.3) is 0 Å². The molecule has 3 heterocycles. The first-order valence-electron chi connectivity index (χ1n) is 12.6. The van der Waals surface area contributed by atoms with Crippen LogP contribution in [0.5, 0.6) is 11.5 Å². The quantitative estimate of drug-likeness (QED) is 0.633. The number of methoxy groups -OCH3 is 1. The molecule has 0 saturated carbocycles. The molecule has 2 aromatic carbocycles. The van der Waals surface area contributed by atoms with E-state index in [1.807, 2.05) is 58.0 Å². The number of likely N-dealkylation sites (tertiary alicyclic amines) is 1. The third-order valence-electron chi connectivity index (χ3n) is 7.81. The first-order valence-corrected chi connectivity index (χ1v) is 12.6. The Morgan fingerprint density at radius 1 is 1.19 bits per heavy atom. The monoisotopic (exact) mass is 487 g/mol. The molecule has 0 radical (unpaired) electrons. The molecule has 1 spiro atoms.